The molecule has 0 aliphatic heterocycles. The molecule has 0 aromatic carbocycles. The summed E-state index contributed by atoms with van der Waals surface area (Å²) in [6, 6.07) is 0. The molecule has 0 spiro atoms. The smallest absolute Gasteiger partial charge is 0.259 e. The lowest BCUT2D eigenvalue weighted by Gasteiger charge is -2.11. The molecule has 140 valence electrons. The molecule has 0 fully saturated rings. The monoisotopic (exact) mass is 416 g/mol. The number of aromatic nitrogens is 4. The van der Waals surface area contributed by atoms with Crippen LogP contribution in [-0.2, 0) is 0 Å². The number of aromatic amines is 1. The maximum atomic E-state index is 12.6. The minimum atomic E-state index is -0.0594. The largest absolute Gasteiger partial charge is 0.309 e. The van der Waals surface area contributed by atoms with Gasteiger partial charge in [-0.1, -0.05) is 11.8 Å². The summed E-state index contributed by atoms with van der Waals surface area (Å²) in [5, 5.41) is 2.75. The number of aryl methyl sites for hydroxylation is 5. The number of hydrogen-bond acceptors (Lipinski definition) is 7. The standard InChI is InChI=1S/C19H20N4OS3/c1-7-9(3)25-17-13(7)16(24)22-15(23-17)11(5)27-19-14-8(2)10(4)26-18(14)20-12(6)21-19/h11H,1-6H3,(H,22,23,24). The zero-order valence-electron chi connectivity index (χ0n) is 16.1. The summed E-state index contributed by atoms with van der Waals surface area (Å²) in [7, 11) is 0. The van der Waals surface area contributed by atoms with Crippen molar-refractivity contribution in [2.75, 3.05) is 0 Å². The Morgan fingerprint density at radius 3 is 2.15 bits per heavy atom. The first-order chi connectivity index (χ1) is 12.8. The zero-order valence-corrected chi connectivity index (χ0v) is 18.5. The first kappa shape index (κ1) is 18.6. The predicted molar refractivity (Wildman–Crippen MR) is 116 cm³/mol. The molecule has 5 nitrogen and oxygen atoms in total. The van der Waals surface area contributed by atoms with Crippen molar-refractivity contribution in [1.29, 1.82) is 0 Å². The van der Waals surface area contributed by atoms with E-state index in [-0.39, 0.29) is 10.8 Å². The van der Waals surface area contributed by atoms with E-state index in [0.29, 0.717) is 11.2 Å². The van der Waals surface area contributed by atoms with Crippen LogP contribution in [0.5, 0.6) is 0 Å². The molecule has 4 rings (SSSR count). The van der Waals surface area contributed by atoms with Crippen molar-refractivity contribution >= 4 is 54.9 Å². The van der Waals surface area contributed by atoms with Gasteiger partial charge in [-0.25, -0.2) is 15.0 Å². The maximum absolute atomic E-state index is 12.6. The van der Waals surface area contributed by atoms with Crippen molar-refractivity contribution < 1.29 is 0 Å². The van der Waals surface area contributed by atoms with Crippen LogP contribution in [0.2, 0.25) is 0 Å². The van der Waals surface area contributed by atoms with Crippen LogP contribution < -0.4 is 5.56 Å². The van der Waals surface area contributed by atoms with E-state index >= 15 is 0 Å². The van der Waals surface area contributed by atoms with Crippen LogP contribution in [-0.4, -0.2) is 19.9 Å². The number of hydrogen-bond donors (Lipinski definition) is 1. The van der Waals surface area contributed by atoms with Gasteiger partial charge in [0.05, 0.1) is 10.6 Å². The predicted octanol–water partition coefficient (Wildman–Crippen LogP) is 5.38. The van der Waals surface area contributed by atoms with E-state index in [9.17, 15) is 4.79 Å². The minimum Gasteiger partial charge on any atom is -0.309 e. The summed E-state index contributed by atoms with van der Waals surface area (Å²) < 4.78 is 0. The van der Waals surface area contributed by atoms with Crippen LogP contribution in [0, 0.1) is 34.6 Å². The lowest BCUT2D eigenvalue weighted by molar-refractivity contribution is 0.918. The fourth-order valence-electron chi connectivity index (χ4n) is 3.09. The number of thioether (sulfide) groups is 1. The quantitative estimate of drug-likeness (QED) is 0.358. The van der Waals surface area contributed by atoms with Crippen LogP contribution in [0.1, 0.15) is 44.7 Å². The van der Waals surface area contributed by atoms with Gasteiger partial charge in [0.15, 0.2) is 0 Å². The molecule has 0 aliphatic rings. The summed E-state index contributed by atoms with van der Waals surface area (Å²) >= 11 is 4.90. The highest BCUT2D eigenvalue weighted by molar-refractivity contribution is 7.99. The van der Waals surface area contributed by atoms with E-state index in [2.05, 4.69) is 35.7 Å². The van der Waals surface area contributed by atoms with Crippen molar-refractivity contribution in [1.82, 2.24) is 19.9 Å². The summed E-state index contributed by atoms with van der Waals surface area (Å²) in [6.45, 7) is 12.2. The Labute approximate surface area is 169 Å². The highest BCUT2D eigenvalue weighted by atomic mass is 32.2. The molecule has 0 amide bonds. The second kappa shape index (κ2) is 6.68. The third-order valence-electron chi connectivity index (χ3n) is 4.84. The Morgan fingerprint density at radius 2 is 1.48 bits per heavy atom. The van der Waals surface area contributed by atoms with Gasteiger partial charge in [-0.15, -0.1) is 22.7 Å². The number of H-pyrrole nitrogens is 1. The SMILES string of the molecule is Cc1nc(SC(C)c2nc3sc(C)c(C)c3c(=O)[nH]2)c2c(C)c(C)sc2n1. The van der Waals surface area contributed by atoms with E-state index in [1.165, 1.54) is 10.4 Å². The van der Waals surface area contributed by atoms with Gasteiger partial charge >= 0.3 is 0 Å². The number of fused-ring (bicyclic) bond motifs is 2. The van der Waals surface area contributed by atoms with Gasteiger partial charge in [0.25, 0.3) is 5.56 Å². The van der Waals surface area contributed by atoms with Crippen molar-refractivity contribution in [2.24, 2.45) is 0 Å². The number of nitrogens with one attached hydrogen (secondary N) is 1. The summed E-state index contributed by atoms with van der Waals surface area (Å²) in [5.74, 6) is 1.45. The van der Waals surface area contributed by atoms with E-state index in [1.807, 2.05) is 20.8 Å². The Bertz CT molecular complexity index is 1250. The highest BCUT2D eigenvalue weighted by Gasteiger charge is 2.20. The second-order valence-corrected chi connectivity index (χ2v) is 10.4. The molecule has 0 saturated heterocycles. The van der Waals surface area contributed by atoms with Crippen molar-refractivity contribution in [3.63, 3.8) is 0 Å². The fourth-order valence-corrected chi connectivity index (χ4v) is 6.37. The van der Waals surface area contributed by atoms with Gasteiger partial charge in [-0.3, -0.25) is 4.79 Å². The summed E-state index contributed by atoms with van der Waals surface area (Å²) in [4.78, 5) is 33.8. The van der Waals surface area contributed by atoms with Gasteiger partial charge in [0.2, 0.25) is 0 Å². The molecule has 0 saturated carbocycles. The summed E-state index contributed by atoms with van der Waals surface area (Å²) in [6.07, 6.45) is 0. The van der Waals surface area contributed by atoms with Gasteiger partial charge < -0.3 is 4.98 Å². The van der Waals surface area contributed by atoms with Crippen LogP contribution in [0.25, 0.3) is 20.4 Å². The highest BCUT2D eigenvalue weighted by Crippen LogP contribution is 2.40. The molecule has 1 N–H and O–H groups in total. The van der Waals surface area contributed by atoms with E-state index in [4.69, 9.17) is 4.98 Å². The molecule has 0 bridgehead atoms. The molecule has 1 unspecified atom stereocenters. The number of rotatable bonds is 3. The molecule has 1 atom stereocenters. The maximum Gasteiger partial charge on any atom is 0.259 e. The van der Waals surface area contributed by atoms with Crippen LogP contribution in [0.15, 0.2) is 9.82 Å². The molecular weight excluding hydrogens is 396 g/mol. The normalized spacial score (nSPS) is 13.0. The topological polar surface area (TPSA) is 71.5 Å². The third kappa shape index (κ3) is 3.09. The number of nitrogens with zero attached hydrogens (tertiary/aromatic N) is 3. The Hall–Kier alpha value is -1.77. The van der Waals surface area contributed by atoms with Gasteiger partial charge in [-0.05, 0) is 52.7 Å². The minimum absolute atomic E-state index is 0.0260. The van der Waals surface area contributed by atoms with Crippen molar-refractivity contribution in [3.8, 4) is 0 Å². The van der Waals surface area contributed by atoms with Crippen LogP contribution in [0.3, 0.4) is 0 Å². The zero-order chi connectivity index (χ0) is 19.5. The molecule has 4 heterocycles. The van der Waals surface area contributed by atoms with Crippen molar-refractivity contribution in [2.45, 2.75) is 51.8 Å². The van der Waals surface area contributed by atoms with Crippen LogP contribution >= 0.6 is 34.4 Å². The van der Waals surface area contributed by atoms with E-state index in [0.717, 1.165) is 36.3 Å². The lowest BCUT2D eigenvalue weighted by atomic mass is 10.2. The van der Waals surface area contributed by atoms with Crippen molar-refractivity contribution in [3.05, 3.63) is 42.9 Å². The molecular formula is C19H20N4OS3. The average Bonchev–Trinajstić information content (AvgIpc) is 3.03. The Morgan fingerprint density at radius 1 is 0.889 bits per heavy atom. The van der Waals surface area contributed by atoms with Crippen LogP contribution in [0.4, 0.5) is 0 Å². The van der Waals surface area contributed by atoms with E-state index in [1.54, 1.807) is 34.4 Å². The van der Waals surface area contributed by atoms with Gasteiger partial charge in [-0.2, -0.15) is 0 Å². The third-order valence-corrected chi connectivity index (χ3v) is 8.14. The molecule has 4 aromatic rings. The molecule has 0 radical (unpaired) electrons. The molecule has 0 aliphatic carbocycles. The second-order valence-electron chi connectivity index (χ2n) is 6.71. The fraction of sp³-hybridized carbons (Fsp3) is 0.368. The Kier molecular flexibility index (Phi) is 4.60. The van der Waals surface area contributed by atoms with Gasteiger partial charge in [0, 0.05) is 15.1 Å². The first-order valence-electron chi connectivity index (χ1n) is 8.67. The molecule has 27 heavy (non-hydrogen) atoms. The lowest BCUT2D eigenvalue weighted by Crippen LogP contribution is -2.12. The molecule has 4 aromatic heterocycles. The Balaban J connectivity index is 1.79. The van der Waals surface area contributed by atoms with Gasteiger partial charge in [0.1, 0.15) is 26.3 Å². The average molecular weight is 417 g/mol. The molecule has 8 heteroatoms. The number of thiophene rings is 2. The van der Waals surface area contributed by atoms with E-state index < -0.39 is 0 Å². The first-order valence-corrected chi connectivity index (χ1v) is 11.2. The summed E-state index contributed by atoms with van der Waals surface area (Å²) in [5.41, 5.74) is 2.19.